The van der Waals surface area contributed by atoms with Gasteiger partial charge in [-0.3, -0.25) is 0 Å². The van der Waals surface area contributed by atoms with Crippen molar-refractivity contribution in [2.45, 2.75) is 18.9 Å². The van der Waals surface area contributed by atoms with E-state index in [4.69, 9.17) is 10.2 Å². The lowest BCUT2D eigenvalue weighted by Gasteiger charge is -2.29. The molecule has 12 heavy (non-hydrogen) atoms. The molecular weight excluding hydrogens is 156 g/mol. The molecule has 3 atom stereocenters. The molecule has 0 aromatic rings. The van der Waals surface area contributed by atoms with Gasteiger partial charge in [-0.15, -0.1) is 0 Å². The summed E-state index contributed by atoms with van der Waals surface area (Å²) in [6.45, 7) is -0.124. The lowest BCUT2D eigenvalue weighted by Crippen LogP contribution is -2.33. The maximum Gasteiger partial charge on any atom is 0.0805 e. The van der Waals surface area contributed by atoms with Gasteiger partial charge in [0.25, 0.3) is 0 Å². The fourth-order valence-corrected chi connectivity index (χ4v) is 1.71. The molecule has 0 saturated heterocycles. The predicted molar refractivity (Wildman–Crippen MR) is 45.5 cm³/mol. The third-order valence-corrected chi connectivity index (χ3v) is 2.54. The van der Waals surface area contributed by atoms with Crippen molar-refractivity contribution in [2.75, 3.05) is 13.2 Å². The van der Waals surface area contributed by atoms with Gasteiger partial charge < -0.3 is 15.3 Å². The van der Waals surface area contributed by atoms with E-state index in [1.807, 2.05) is 12.2 Å². The standard InChI is InChI=1S/C9H16O3/c10-5-7-3-1-2-4-8(7)9(12)6-11/h1-2,7-12H,3-6H2/t7-,8-,9+/m0/s1. The molecule has 1 aliphatic rings. The van der Waals surface area contributed by atoms with Gasteiger partial charge in [-0.25, -0.2) is 0 Å². The van der Waals surface area contributed by atoms with Crippen LogP contribution in [0.5, 0.6) is 0 Å². The van der Waals surface area contributed by atoms with Crippen LogP contribution in [-0.4, -0.2) is 34.6 Å². The molecule has 0 spiro atoms. The van der Waals surface area contributed by atoms with Crippen LogP contribution in [0.1, 0.15) is 12.8 Å². The van der Waals surface area contributed by atoms with Gasteiger partial charge in [0.2, 0.25) is 0 Å². The van der Waals surface area contributed by atoms with Crippen molar-refractivity contribution in [1.29, 1.82) is 0 Å². The van der Waals surface area contributed by atoms with Crippen LogP contribution in [0, 0.1) is 11.8 Å². The number of allylic oxidation sites excluding steroid dienone is 2. The van der Waals surface area contributed by atoms with Crippen molar-refractivity contribution in [3.63, 3.8) is 0 Å². The Hall–Kier alpha value is -0.380. The van der Waals surface area contributed by atoms with Gasteiger partial charge in [0.05, 0.1) is 12.7 Å². The zero-order valence-corrected chi connectivity index (χ0v) is 7.06. The van der Waals surface area contributed by atoms with Crippen molar-refractivity contribution >= 4 is 0 Å². The summed E-state index contributed by atoms with van der Waals surface area (Å²) in [5, 5.41) is 27.1. The van der Waals surface area contributed by atoms with Crippen LogP contribution >= 0.6 is 0 Å². The summed E-state index contributed by atoms with van der Waals surface area (Å²) in [6, 6.07) is 0. The molecule has 0 aromatic heterocycles. The SMILES string of the molecule is OC[C@@H]1CC=CC[C@@H]1[C@H](O)CO. The van der Waals surface area contributed by atoms with E-state index < -0.39 is 6.10 Å². The lowest BCUT2D eigenvalue weighted by atomic mass is 9.80. The highest BCUT2D eigenvalue weighted by atomic mass is 16.3. The fourth-order valence-electron chi connectivity index (χ4n) is 1.71. The lowest BCUT2D eigenvalue weighted by molar-refractivity contribution is 0.00830. The second-order valence-electron chi connectivity index (χ2n) is 3.30. The van der Waals surface area contributed by atoms with Crippen molar-refractivity contribution in [3.05, 3.63) is 12.2 Å². The molecule has 1 aliphatic carbocycles. The van der Waals surface area contributed by atoms with Gasteiger partial charge in [-0.1, -0.05) is 12.2 Å². The predicted octanol–water partition coefficient (Wildman–Crippen LogP) is -0.0857. The number of hydrogen-bond acceptors (Lipinski definition) is 3. The molecule has 0 saturated carbocycles. The zero-order valence-electron chi connectivity index (χ0n) is 7.06. The highest BCUT2D eigenvalue weighted by Gasteiger charge is 2.27. The Labute approximate surface area is 72.3 Å². The van der Waals surface area contributed by atoms with Crippen LogP contribution in [0.25, 0.3) is 0 Å². The number of rotatable bonds is 3. The van der Waals surface area contributed by atoms with Gasteiger partial charge in [0.1, 0.15) is 0 Å². The molecule has 0 unspecified atom stereocenters. The van der Waals surface area contributed by atoms with Gasteiger partial charge >= 0.3 is 0 Å². The molecule has 0 bridgehead atoms. The van der Waals surface area contributed by atoms with E-state index in [1.165, 1.54) is 0 Å². The Morgan fingerprint density at radius 2 is 1.92 bits per heavy atom. The van der Waals surface area contributed by atoms with E-state index in [1.54, 1.807) is 0 Å². The van der Waals surface area contributed by atoms with Crippen LogP contribution < -0.4 is 0 Å². The average molecular weight is 172 g/mol. The van der Waals surface area contributed by atoms with Crippen LogP contribution in [-0.2, 0) is 0 Å². The van der Waals surface area contributed by atoms with E-state index >= 15 is 0 Å². The Kier molecular flexibility index (Phi) is 3.72. The van der Waals surface area contributed by atoms with E-state index in [2.05, 4.69) is 0 Å². The van der Waals surface area contributed by atoms with Gasteiger partial charge in [-0.05, 0) is 24.7 Å². The molecule has 0 heterocycles. The second kappa shape index (κ2) is 4.60. The average Bonchev–Trinajstić information content (AvgIpc) is 2.16. The Morgan fingerprint density at radius 1 is 1.25 bits per heavy atom. The molecule has 70 valence electrons. The first-order valence-corrected chi connectivity index (χ1v) is 4.34. The number of hydrogen-bond donors (Lipinski definition) is 3. The topological polar surface area (TPSA) is 60.7 Å². The van der Waals surface area contributed by atoms with Crippen molar-refractivity contribution < 1.29 is 15.3 Å². The van der Waals surface area contributed by atoms with Gasteiger partial charge in [0, 0.05) is 6.61 Å². The maximum atomic E-state index is 9.39. The highest BCUT2D eigenvalue weighted by molar-refractivity contribution is 4.96. The molecule has 3 heteroatoms. The summed E-state index contributed by atoms with van der Waals surface area (Å²) < 4.78 is 0. The van der Waals surface area contributed by atoms with Crippen LogP contribution in [0.2, 0.25) is 0 Å². The fraction of sp³-hybridized carbons (Fsp3) is 0.778. The molecule has 0 radical (unpaired) electrons. The van der Waals surface area contributed by atoms with Crippen molar-refractivity contribution in [1.82, 2.24) is 0 Å². The van der Waals surface area contributed by atoms with Crippen molar-refractivity contribution in [3.8, 4) is 0 Å². The normalized spacial score (nSPS) is 31.9. The Balaban J connectivity index is 2.54. The number of aliphatic hydroxyl groups is 3. The minimum Gasteiger partial charge on any atom is -0.396 e. The minimum absolute atomic E-state index is 0.0185. The monoisotopic (exact) mass is 172 g/mol. The summed E-state index contributed by atoms with van der Waals surface area (Å²) >= 11 is 0. The zero-order chi connectivity index (χ0) is 8.97. The molecule has 0 fully saturated rings. The molecule has 0 amide bonds. The molecule has 0 aromatic carbocycles. The third kappa shape index (κ3) is 2.06. The van der Waals surface area contributed by atoms with Crippen molar-refractivity contribution in [2.24, 2.45) is 11.8 Å². The van der Waals surface area contributed by atoms with Gasteiger partial charge in [-0.2, -0.15) is 0 Å². The minimum atomic E-state index is -0.688. The van der Waals surface area contributed by atoms with Gasteiger partial charge in [0.15, 0.2) is 0 Å². The summed E-state index contributed by atoms with van der Waals surface area (Å²) in [4.78, 5) is 0. The largest absolute Gasteiger partial charge is 0.396 e. The summed E-state index contributed by atoms with van der Waals surface area (Å²) in [5.74, 6) is 0.127. The van der Waals surface area contributed by atoms with Crippen LogP contribution in [0.4, 0.5) is 0 Å². The molecule has 3 N–H and O–H groups in total. The maximum absolute atomic E-state index is 9.39. The summed E-state index contributed by atoms with van der Waals surface area (Å²) in [6.07, 6.45) is 4.88. The summed E-state index contributed by atoms with van der Waals surface area (Å²) in [5.41, 5.74) is 0. The molecule has 3 nitrogen and oxygen atoms in total. The van der Waals surface area contributed by atoms with E-state index in [-0.39, 0.29) is 25.0 Å². The Bertz CT molecular complexity index is 156. The first-order chi connectivity index (χ1) is 5.79. The molecule has 1 rings (SSSR count). The number of aliphatic hydroxyl groups excluding tert-OH is 3. The smallest absolute Gasteiger partial charge is 0.0805 e. The Morgan fingerprint density at radius 3 is 2.50 bits per heavy atom. The van der Waals surface area contributed by atoms with Crippen LogP contribution in [0.3, 0.4) is 0 Å². The first kappa shape index (κ1) is 9.71. The second-order valence-corrected chi connectivity index (χ2v) is 3.30. The van der Waals surface area contributed by atoms with E-state index in [9.17, 15) is 5.11 Å². The highest BCUT2D eigenvalue weighted by Crippen LogP contribution is 2.27. The third-order valence-electron chi connectivity index (χ3n) is 2.54. The first-order valence-electron chi connectivity index (χ1n) is 4.34. The van der Waals surface area contributed by atoms with E-state index in [0.29, 0.717) is 0 Å². The molecular formula is C9H16O3. The molecule has 0 aliphatic heterocycles. The summed E-state index contributed by atoms with van der Waals surface area (Å²) in [7, 11) is 0. The quantitative estimate of drug-likeness (QED) is 0.522. The van der Waals surface area contributed by atoms with E-state index in [0.717, 1.165) is 12.8 Å². The van der Waals surface area contributed by atoms with Crippen LogP contribution in [0.15, 0.2) is 12.2 Å².